The van der Waals surface area contributed by atoms with Crippen molar-refractivity contribution in [3.63, 3.8) is 0 Å². The summed E-state index contributed by atoms with van der Waals surface area (Å²) >= 11 is 5.93. The van der Waals surface area contributed by atoms with Gasteiger partial charge in [-0.3, -0.25) is 14.5 Å². The Balaban J connectivity index is 1.96. The van der Waals surface area contributed by atoms with Crippen LogP contribution in [0.2, 0.25) is 5.02 Å². The van der Waals surface area contributed by atoms with E-state index in [9.17, 15) is 19.1 Å². The van der Waals surface area contributed by atoms with E-state index in [0.29, 0.717) is 21.8 Å². The van der Waals surface area contributed by atoms with Gasteiger partial charge >= 0.3 is 0 Å². The van der Waals surface area contributed by atoms with Crippen molar-refractivity contribution < 1.29 is 19.1 Å². The number of aliphatic hydroxyl groups is 1. The topological polar surface area (TPSA) is 57.6 Å². The monoisotopic (exact) mass is 421 g/mol. The molecule has 1 aliphatic rings. The molecule has 1 aliphatic heterocycles. The molecule has 0 spiro atoms. The molecule has 1 atom stereocenters. The van der Waals surface area contributed by atoms with E-state index in [0.717, 1.165) is 5.56 Å². The molecule has 1 heterocycles. The fourth-order valence-corrected chi connectivity index (χ4v) is 3.76. The summed E-state index contributed by atoms with van der Waals surface area (Å²) in [7, 11) is 0. The fraction of sp³-hybridized carbons (Fsp3) is 0.0833. The molecular formula is C24H17ClFNO3. The molecule has 0 aliphatic carbocycles. The van der Waals surface area contributed by atoms with E-state index in [1.807, 2.05) is 19.1 Å². The van der Waals surface area contributed by atoms with Gasteiger partial charge in [-0.15, -0.1) is 0 Å². The van der Waals surface area contributed by atoms with Crippen LogP contribution in [0.25, 0.3) is 5.76 Å². The highest BCUT2D eigenvalue weighted by molar-refractivity contribution is 6.51. The van der Waals surface area contributed by atoms with Crippen molar-refractivity contribution in [3.8, 4) is 0 Å². The second-order valence-electron chi connectivity index (χ2n) is 7.01. The summed E-state index contributed by atoms with van der Waals surface area (Å²) in [4.78, 5) is 27.4. The lowest BCUT2D eigenvalue weighted by Crippen LogP contribution is -2.30. The molecule has 1 amide bonds. The zero-order valence-electron chi connectivity index (χ0n) is 16.0. The Morgan fingerprint density at radius 1 is 0.967 bits per heavy atom. The number of ketones is 1. The van der Waals surface area contributed by atoms with Gasteiger partial charge in [-0.2, -0.15) is 0 Å². The average Bonchev–Trinajstić information content (AvgIpc) is 3.00. The van der Waals surface area contributed by atoms with Crippen LogP contribution >= 0.6 is 11.6 Å². The Morgan fingerprint density at radius 3 is 2.23 bits per heavy atom. The number of hydrogen-bond donors (Lipinski definition) is 1. The summed E-state index contributed by atoms with van der Waals surface area (Å²) in [6.07, 6.45) is 0. The van der Waals surface area contributed by atoms with Crippen LogP contribution in [0, 0.1) is 12.7 Å². The molecule has 4 nitrogen and oxygen atoms in total. The first kappa shape index (κ1) is 19.9. The first-order chi connectivity index (χ1) is 14.4. The Hall–Kier alpha value is -3.44. The minimum Gasteiger partial charge on any atom is -0.507 e. The molecule has 0 radical (unpaired) electrons. The number of Topliss-reactive ketones (excluding diaryl/α,β-unsaturated/α-hetero) is 1. The Labute approximate surface area is 177 Å². The molecular weight excluding hydrogens is 405 g/mol. The number of hydrogen-bond acceptors (Lipinski definition) is 3. The number of para-hydroxylation sites is 1. The highest BCUT2D eigenvalue weighted by atomic mass is 35.5. The number of anilines is 1. The summed E-state index contributed by atoms with van der Waals surface area (Å²) in [6.45, 7) is 1.83. The summed E-state index contributed by atoms with van der Waals surface area (Å²) < 4.78 is 13.5. The lowest BCUT2D eigenvalue weighted by molar-refractivity contribution is -0.132. The predicted octanol–water partition coefficient (Wildman–Crippen LogP) is 5.41. The van der Waals surface area contributed by atoms with Gasteiger partial charge in [-0.1, -0.05) is 41.9 Å². The maximum atomic E-state index is 13.5. The Kier molecular flexibility index (Phi) is 5.14. The highest BCUT2D eigenvalue weighted by Gasteiger charge is 2.47. The van der Waals surface area contributed by atoms with E-state index in [2.05, 4.69) is 0 Å². The molecule has 1 fully saturated rings. The molecule has 4 rings (SSSR count). The van der Waals surface area contributed by atoms with Gasteiger partial charge in [0, 0.05) is 16.3 Å². The van der Waals surface area contributed by atoms with Crippen LogP contribution in [-0.2, 0) is 9.59 Å². The third kappa shape index (κ3) is 3.37. The van der Waals surface area contributed by atoms with Crippen molar-refractivity contribution in [3.05, 3.63) is 106 Å². The lowest BCUT2D eigenvalue weighted by atomic mass is 9.95. The fourth-order valence-electron chi connectivity index (χ4n) is 3.64. The van der Waals surface area contributed by atoms with E-state index >= 15 is 0 Å². The van der Waals surface area contributed by atoms with Gasteiger partial charge in [-0.25, -0.2) is 4.39 Å². The van der Waals surface area contributed by atoms with Crippen LogP contribution in [0.5, 0.6) is 0 Å². The van der Waals surface area contributed by atoms with Crippen molar-refractivity contribution in [1.82, 2.24) is 0 Å². The average molecular weight is 422 g/mol. The maximum Gasteiger partial charge on any atom is 0.300 e. The second-order valence-corrected chi connectivity index (χ2v) is 7.45. The van der Waals surface area contributed by atoms with Crippen LogP contribution in [0.4, 0.5) is 10.1 Å². The summed E-state index contributed by atoms with van der Waals surface area (Å²) in [6, 6.07) is 18.1. The predicted molar refractivity (Wildman–Crippen MR) is 114 cm³/mol. The zero-order chi connectivity index (χ0) is 21.4. The van der Waals surface area contributed by atoms with E-state index in [4.69, 9.17) is 11.6 Å². The van der Waals surface area contributed by atoms with Gasteiger partial charge in [0.25, 0.3) is 11.7 Å². The normalized spacial score (nSPS) is 18.1. The molecule has 0 bridgehead atoms. The van der Waals surface area contributed by atoms with Crippen LogP contribution in [0.3, 0.4) is 0 Å². The molecule has 1 saturated heterocycles. The van der Waals surface area contributed by atoms with E-state index < -0.39 is 23.5 Å². The standard InChI is InChI=1S/C24H17ClFNO3/c1-14-4-2-3-5-19(14)27-21(15-8-12-18(26)13-9-15)20(23(29)24(27)30)22(28)16-6-10-17(25)11-7-16/h2-13,21,28H,1H3/b22-20+. The quantitative estimate of drug-likeness (QED) is 0.349. The van der Waals surface area contributed by atoms with Crippen LogP contribution in [0.1, 0.15) is 22.7 Å². The van der Waals surface area contributed by atoms with E-state index in [1.165, 1.54) is 29.2 Å². The van der Waals surface area contributed by atoms with Crippen molar-refractivity contribution in [2.45, 2.75) is 13.0 Å². The van der Waals surface area contributed by atoms with Gasteiger partial charge in [-0.05, 0) is 60.5 Å². The van der Waals surface area contributed by atoms with Crippen LogP contribution in [-0.4, -0.2) is 16.8 Å². The van der Waals surface area contributed by atoms with Gasteiger partial charge in [0.1, 0.15) is 11.6 Å². The molecule has 150 valence electrons. The number of carbonyl (C=O) groups is 2. The Morgan fingerprint density at radius 2 is 1.60 bits per heavy atom. The number of carbonyl (C=O) groups excluding carboxylic acids is 2. The first-order valence-electron chi connectivity index (χ1n) is 9.26. The van der Waals surface area contributed by atoms with Gasteiger partial charge in [0.15, 0.2) is 0 Å². The van der Waals surface area contributed by atoms with Gasteiger partial charge < -0.3 is 5.11 Å². The maximum absolute atomic E-state index is 13.5. The van der Waals surface area contributed by atoms with E-state index in [1.54, 1.807) is 36.4 Å². The number of rotatable bonds is 3. The molecule has 0 aromatic heterocycles. The molecule has 3 aromatic rings. The summed E-state index contributed by atoms with van der Waals surface area (Å²) in [5, 5.41) is 11.5. The molecule has 6 heteroatoms. The number of nitrogens with zero attached hydrogens (tertiary/aromatic N) is 1. The molecule has 1 unspecified atom stereocenters. The number of halogens is 2. The molecule has 30 heavy (non-hydrogen) atoms. The number of aryl methyl sites for hydroxylation is 1. The largest absolute Gasteiger partial charge is 0.507 e. The second kappa shape index (κ2) is 7.76. The van der Waals surface area contributed by atoms with Gasteiger partial charge in [0.2, 0.25) is 0 Å². The molecule has 3 aromatic carbocycles. The highest BCUT2D eigenvalue weighted by Crippen LogP contribution is 2.43. The lowest BCUT2D eigenvalue weighted by Gasteiger charge is -2.26. The Bertz CT molecular complexity index is 1170. The van der Waals surface area contributed by atoms with Crippen LogP contribution in [0.15, 0.2) is 78.4 Å². The zero-order valence-corrected chi connectivity index (χ0v) is 16.7. The van der Waals surface area contributed by atoms with Gasteiger partial charge in [0.05, 0.1) is 11.6 Å². The third-order valence-electron chi connectivity index (χ3n) is 5.12. The van der Waals surface area contributed by atoms with Crippen molar-refractivity contribution >= 4 is 34.7 Å². The van der Waals surface area contributed by atoms with E-state index in [-0.39, 0.29) is 11.3 Å². The molecule has 1 N–H and O–H groups in total. The van der Waals surface area contributed by atoms with Crippen molar-refractivity contribution in [2.75, 3.05) is 4.90 Å². The molecule has 0 saturated carbocycles. The van der Waals surface area contributed by atoms with Crippen LogP contribution < -0.4 is 4.90 Å². The van der Waals surface area contributed by atoms with Crippen molar-refractivity contribution in [1.29, 1.82) is 0 Å². The first-order valence-corrected chi connectivity index (χ1v) is 9.64. The summed E-state index contributed by atoms with van der Waals surface area (Å²) in [5.74, 6) is -2.31. The number of benzene rings is 3. The number of aliphatic hydroxyl groups excluding tert-OH is 1. The number of amides is 1. The van der Waals surface area contributed by atoms with Crippen molar-refractivity contribution in [2.24, 2.45) is 0 Å². The SMILES string of the molecule is Cc1ccccc1N1C(=O)C(=O)/C(=C(/O)c2ccc(Cl)cc2)C1c1ccc(F)cc1. The third-order valence-corrected chi connectivity index (χ3v) is 5.37. The minimum absolute atomic E-state index is 0.0582. The minimum atomic E-state index is -0.901. The summed E-state index contributed by atoms with van der Waals surface area (Å²) in [5.41, 5.74) is 2.14. The smallest absolute Gasteiger partial charge is 0.300 e.